The summed E-state index contributed by atoms with van der Waals surface area (Å²) in [5.74, 6) is 1.42. The van der Waals surface area contributed by atoms with E-state index in [1.165, 1.54) is 22.2 Å². The normalized spacial score (nSPS) is 9.25. The van der Waals surface area contributed by atoms with Gasteiger partial charge in [-0.25, -0.2) is 0 Å². The van der Waals surface area contributed by atoms with E-state index in [9.17, 15) is 4.79 Å². The molecule has 0 atom stereocenters. The summed E-state index contributed by atoms with van der Waals surface area (Å²) < 4.78 is 0. The van der Waals surface area contributed by atoms with Crippen molar-refractivity contribution < 1.29 is 35.9 Å². The van der Waals surface area contributed by atoms with E-state index in [1.807, 2.05) is 12.1 Å². The molecule has 2 heterocycles. The molecule has 0 aromatic carbocycles. The van der Waals surface area contributed by atoms with Crippen LogP contribution in [0.2, 0.25) is 0 Å². The fraction of sp³-hybridized carbons (Fsp3) is 0.286. The van der Waals surface area contributed by atoms with Crippen LogP contribution in [-0.4, -0.2) is 23.4 Å². The van der Waals surface area contributed by atoms with Gasteiger partial charge in [0.1, 0.15) is 5.01 Å². The number of aromatic nitrogens is 2. The van der Waals surface area contributed by atoms with Gasteiger partial charge in [-0.3, -0.25) is 9.97 Å². The van der Waals surface area contributed by atoms with Gasteiger partial charge in [0, 0.05) is 18.0 Å². The van der Waals surface area contributed by atoms with Crippen molar-refractivity contribution in [2.75, 3.05) is 11.9 Å². The molecule has 4 nitrogen and oxygen atoms in total. The molecule has 0 aliphatic heterocycles. The quantitative estimate of drug-likeness (QED) is 0.468. The van der Waals surface area contributed by atoms with Crippen LogP contribution in [0.5, 0.6) is 0 Å². The SMILES string of the molecule is CN([C-]=O)c1cnc(-c2cccnc2)s1.C[C-](C)C.[U+2]. The maximum Gasteiger partial charge on any atom is 2.00 e. The van der Waals surface area contributed by atoms with Crippen LogP contribution in [0.25, 0.3) is 10.6 Å². The van der Waals surface area contributed by atoms with Gasteiger partial charge < -0.3 is 15.6 Å². The minimum atomic E-state index is 0. The summed E-state index contributed by atoms with van der Waals surface area (Å²) in [7, 11) is 1.65. The van der Waals surface area contributed by atoms with Gasteiger partial charge in [-0.1, -0.05) is 0 Å². The zero-order valence-corrected chi connectivity index (χ0v) is 17.0. The molecule has 0 radical (unpaired) electrons. The molecule has 0 N–H and O–H groups in total. The van der Waals surface area contributed by atoms with E-state index in [0.717, 1.165) is 15.6 Å². The summed E-state index contributed by atoms with van der Waals surface area (Å²) in [6.07, 6.45) is 6.89. The molecule has 0 saturated carbocycles. The Morgan fingerprint density at radius 2 is 1.95 bits per heavy atom. The number of pyridine rings is 1. The summed E-state index contributed by atoms with van der Waals surface area (Å²) in [5, 5.41) is 1.61. The molecule has 6 heteroatoms. The number of thiazole rings is 1. The first kappa shape index (κ1) is 19.3. The van der Waals surface area contributed by atoms with Crippen LogP contribution >= 0.6 is 11.3 Å². The van der Waals surface area contributed by atoms with Gasteiger partial charge in [0.25, 0.3) is 0 Å². The zero-order valence-electron chi connectivity index (χ0n) is 12.0. The second-order valence-corrected chi connectivity index (χ2v) is 5.40. The Hall–Kier alpha value is -0.698. The van der Waals surface area contributed by atoms with Crippen LogP contribution in [0, 0.1) is 37.0 Å². The molecular weight excluding hydrogens is 496 g/mol. The minimum Gasteiger partial charge on any atom is -0.470 e. The Bertz CT molecular complexity index is 499. The average molecular weight is 513 g/mol. The van der Waals surface area contributed by atoms with E-state index in [1.54, 1.807) is 32.0 Å². The first-order valence-electron chi connectivity index (χ1n) is 5.79. The molecular formula is C14H17N3OSU. The molecule has 0 bridgehead atoms. The fourth-order valence-electron chi connectivity index (χ4n) is 1.09. The Morgan fingerprint density at radius 3 is 2.45 bits per heavy atom. The van der Waals surface area contributed by atoms with Crippen LogP contribution in [0.3, 0.4) is 0 Å². The van der Waals surface area contributed by atoms with Gasteiger partial charge in [0.15, 0.2) is 0 Å². The number of anilines is 1. The van der Waals surface area contributed by atoms with Crippen molar-refractivity contribution in [3.05, 3.63) is 36.6 Å². The van der Waals surface area contributed by atoms with E-state index < -0.39 is 0 Å². The van der Waals surface area contributed by atoms with Gasteiger partial charge in [-0.05, 0) is 30.4 Å². The topological polar surface area (TPSA) is 46.1 Å². The summed E-state index contributed by atoms with van der Waals surface area (Å²) in [4.78, 5) is 20.0. The monoisotopic (exact) mass is 513 g/mol. The van der Waals surface area contributed by atoms with Gasteiger partial charge in [-0.15, -0.1) is 0 Å². The third kappa shape index (κ3) is 6.65. The second kappa shape index (κ2) is 10.1. The number of carbonyl (C=O) groups excluding carboxylic acids is 1. The molecule has 0 saturated heterocycles. The van der Waals surface area contributed by atoms with Gasteiger partial charge in [0.2, 0.25) is 0 Å². The fourth-order valence-corrected chi connectivity index (χ4v) is 1.91. The van der Waals surface area contributed by atoms with Crippen LogP contribution in [-0.2, 0) is 4.79 Å². The Kier molecular flexibility index (Phi) is 9.74. The molecule has 20 heavy (non-hydrogen) atoms. The maximum atomic E-state index is 10.4. The Morgan fingerprint density at radius 1 is 1.30 bits per heavy atom. The van der Waals surface area contributed by atoms with Gasteiger partial charge in [-0.2, -0.15) is 32.1 Å². The summed E-state index contributed by atoms with van der Waals surface area (Å²) in [6.45, 7) is 6.25. The smallest absolute Gasteiger partial charge is 0.470 e. The Labute approximate surface area is 148 Å². The molecule has 0 spiro atoms. The zero-order chi connectivity index (χ0) is 14.3. The van der Waals surface area contributed by atoms with E-state index in [-0.39, 0.29) is 31.1 Å². The van der Waals surface area contributed by atoms with Crippen molar-refractivity contribution in [2.45, 2.75) is 20.8 Å². The standard InChI is InChI=1S/C10H8N3OS.C4H9.U/c1-13(7-14)9-6-12-10(15-9)8-3-2-4-11-5-8;1-4(2)3;/h2-6H,1H3;1-3H3;/q2*-1;+2. The molecule has 0 unspecified atom stereocenters. The predicted octanol–water partition coefficient (Wildman–Crippen LogP) is 3.33. The van der Waals surface area contributed by atoms with Crippen molar-refractivity contribution in [1.29, 1.82) is 0 Å². The van der Waals surface area contributed by atoms with E-state index in [0.29, 0.717) is 0 Å². The molecule has 2 aromatic rings. The largest absolute Gasteiger partial charge is 2.00 e. The third-order valence-electron chi connectivity index (χ3n) is 1.87. The summed E-state index contributed by atoms with van der Waals surface area (Å²) in [6, 6.07) is 3.78. The average Bonchev–Trinajstić information content (AvgIpc) is 2.88. The third-order valence-corrected chi connectivity index (χ3v) is 2.99. The Balaban J connectivity index is 0.000000644. The predicted molar refractivity (Wildman–Crippen MR) is 79.7 cm³/mol. The molecule has 0 fully saturated rings. The molecule has 2 aromatic heterocycles. The second-order valence-electron chi connectivity index (χ2n) is 4.40. The first-order valence-corrected chi connectivity index (χ1v) is 6.60. The van der Waals surface area contributed by atoms with Crippen LogP contribution < -0.4 is 4.90 Å². The number of amides is 1. The number of hydrogen-bond donors (Lipinski definition) is 0. The summed E-state index contributed by atoms with van der Waals surface area (Å²) >= 11 is 1.43. The molecule has 2 rings (SSSR count). The van der Waals surface area contributed by atoms with Crippen molar-refractivity contribution >= 4 is 22.7 Å². The molecule has 1 amide bonds. The minimum absolute atomic E-state index is 0. The first-order chi connectivity index (χ1) is 9.04. The van der Waals surface area contributed by atoms with E-state index in [2.05, 4.69) is 30.7 Å². The van der Waals surface area contributed by atoms with Crippen LogP contribution in [0.1, 0.15) is 20.8 Å². The van der Waals surface area contributed by atoms with Crippen molar-refractivity contribution in [2.24, 2.45) is 0 Å². The van der Waals surface area contributed by atoms with Gasteiger partial charge >= 0.3 is 31.1 Å². The van der Waals surface area contributed by atoms with Crippen molar-refractivity contribution in [3.8, 4) is 10.6 Å². The van der Waals surface area contributed by atoms with E-state index >= 15 is 0 Å². The van der Waals surface area contributed by atoms with E-state index in [4.69, 9.17) is 0 Å². The number of hydrogen-bond acceptors (Lipinski definition) is 4. The van der Waals surface area contributed by atoms with Gasteiger partial charge in [0.05, 0.1) is 6.41 Å². The molecule has 104 valence electrons. The van der Waals surface area contributed by atoms with Crippen LogP contribution in [0.4, 0.5) is 5.00 Å². The maximum absolute atomic E-state index is 10.4. The number of nitrogens with zero attached hydrogens (tertiary/aromatic N) is 3. The summed E-state index contributed by atoms with van der Waals surface area (Å²) in [5.41, 5.74) is 0.952. The molecule has 0 aliphatic carbocycles. The number of rotatable bonds is 3. The molecule has 0 aliphatic rings. The van der Waals surface area contributed by atoms with Crippen molar-refractivity contribution in [1.82, 2.24) is 9.97 Å². The van der Waals surface area contributed by atoms with Crippen LogP contribution in [0.15, 0.2) is 30.7 Å². The van der Waals surface area contributed by atoms with Crippen molar-refractivity contribution in [3.63, 3.8) is 0 Å².